The van der Waals surface area contributed by atoms with E-state index in [-0.39, 0.29) is 17.4 Å². The molecule has 1 N–H and O–H groups in total. The monoisotopic (exact) mass is 428 g/mol. The second-order valence-corrected chi connectivity index (χ2v) is 9.13. The normalized spacial score (nSPS) is 16.3. The van der Waals surface area contributed by atoms with Gasteiger partial charge in [-0.25, -0.2) is 0 Å². The van der Waals surface area contributed by atoms with E-state index in [0.717, 1.165) is 43.4 Å². The van der Waals surface area contributed by atoms with E-state index in [1.807, 2.05) is 18.2 Å². The fourth-order valence-corrected chi connectivity index (χ4v) is 4.05. The molecule has 1 fully saturated rings. The number of piperidine rings is 1. The van der Waals surface area contributed by atoms with E-state index < -0.39 is 0 Å². The zero-order valence-electron chi connectivity index (χ0n) is 16.2. The van der Waals surface area contributed by atoms with Gasteiger partial charge in [-0.2, -0.15) is 0 Å². The number of hydrogen-bond acceptors (Lipinski definition) is 2. The third kappa shape index (κ3) is 6.18. The molecule has 0 spiro atoms. The number of rotatable bonds is 6. The van der Waals surface area contributed by atoms with Crippen LogP contribution < -0.4 is 5.32 Å². The Labute approximate surface area is 171 Å². The van der Waals surface area contributed by atoms with Crippen molar-refractivity contribution in [1.29, 1.82) is 0 Å². The van der Waals surface area contributed by atoms with Crippen molar-refractivity contribution in [1.82, 2.24) is 10.2 Å². The van der Waals surface area contributed by atoms with E-state index >= 15 is 0 Å². The van der Waals surface area contributed by atoms with Crippen LogP contribution in [0.15, 0.2) is 59.1 Å². The van der Waals surface area contributed by atoms with Gasteiger partial charge in [-0.15, -0.1) is 0 Å². The van der Waals surface area contributed by atoms with Crippen LogP contribution in [0.3, 0.4) is 0 Å². The maximum absolute atomic E-state index is 12.8. The molecule has 4 heteroatoms. The van der Waals surface area contributed by atoms with Crippen molar-refractivity contribution in [3.8, 4) is 0 Å². The molecule has 1 saturated heterocycles. The van der Waals surface area contributed by atoms with Crippen LogP contribution in [-0.2, 0) is 17.8 Å². The fourth-order valence-electron chi connectivity index (χ4n) is 3.79. The molecule has 0 atom stereocenters. The van der Waals surface area contributed by atoms with E-state index in [4.69, 9.17) is 0 Å². The summed E-state index contributed by atoms with van der Waals surface area (Å²) < 4.78 is 1.11. The number of halogens is 1. The molecule has 1 heterocycles. The Morgan fingerprint density at radius 3 is 2.30 bits per heavy atom. The van der Waals surface area contributed by atoms with Gasteiger partial charge >= 0.3 is 0 Å². The summed E-state index contributed by atoms with van der Waals surface area (Å²) >= 11 is 3.48. The number of amides is 1. The maximum Gasteiger partial charge on any atom is 0.223 e. The number of carbonyl (C=O) groups is 1. The average molecular weight is 429 g/mol. The molecule has 3 nitrogen and oxygen atoms in total. The summed E-state index contributed by atoms with van der Waals surface area (Å²) in [4.78, 5) is 15.2. The second-order valence-electron chi connectivity index (χ2n) is 8.21. The Bertz CT molecular complexity index is 735. The molecule has 2 aromatic rings. The first-order valence-corrected chi connectivity index (χ1v) is 10.5. The summed E-state index contributed by atoms with van der Waals surface area (Å²) in [5.41, 5.74) is 2.35. The quantitative estimate of drug-likeness (QED) is 0.716. The fraction of sp³-hybridized carbons (Fsp3) is 0.435. The first-order valence-electron chi connectivity index (χ1n) is 9.74. The van der Waals surface area contributed by atoms with Crippen LogP contribution in [0.4, 0.5) is 0 Å². The highest BCUT2D eigenvalue weighted by molar-refractivity contribution is 9.10. The summed E-state index contributed by atoms with van der Waals surface area (Å²) in [7, 11) is 0. The molecule has 1 aliphatic heterocycles. The Hall–Kier alpha value is -1.65. The van der Waals surface area contributed by atoms with E-state index in [2.05, 4.69) is 76.4 Å². The van der Waals surface area contributed by atoms with Crippen molar-refractivity contribution >= 4 is 21.8 Å². The Morgan fingerprint density at radius 2 is 1.67 bits per heavy atom. The first-order chi connectivity index (χ1) is 12.9. The van der Waals surface area contributed by atoms with Crippen LogP contribution in [0.1, 0.15) is 37.8 Å². The lowest BCUT2D eigenvalue weighted by molar-refractivity contribution is -0.128. The van der Waals surface area contributed by atoms with Gasteiger partial charge < -0.3 is 5.32 Å². The molecule has 2 aromatic carbocycles. The van der Waals surface area contributed by atoms with Crippen molar-refractivity contribution in [2.45, 2.75) is 45.2 Å². The van der Waals surface area contributed by atoms with Crippen LogP contribution >= 0.6 is 15.9 Å². The van der Waals surface area contributed by atoms with Gasteiger partial charge in [-0.1, -0.05) is 58.4 Å². The number of likely N-dealkylation sites (tertiary alicyclic amines) is 1. The average Bonchev–Trinajstić information content (AvgIpc) is 2.64. The van der Waals surface area contributed by atoms with E-state index in [0.29, 0.717) is 0 Å². The molecule has 0 radical (unpaired) electrons. The third-order valence-electron chi connectivity index (χ3n) is 5.23. The van der Waals surface area contributed by atoms with Crippen molar-refractivity contribution < 1.29 is 4.79 Å². The summed E-state index contributed by atoms with van der Waals surface area (Å²) in [5.74, 6) is 0.334. The minimum atomic E-state index is -0.229. The van der Waals surface area contributed by atoms with Crippen molar-refractivity contribution in [3.05, 3.63) is 70.2 Å². The summed E-state index contributed by atoms with van der Waals surface area (Å²) in [6.07, 6.45) is 2.72. The highest BCUT2D eigenvalue weighted by atomic mass is 79.9. The van der Waals surface area contributed by atoms with E-state index in [1.165, 1.54) is 11.1 Å². The zero-order chi connectivity index (χ0) is 19.3. The molecule has 27 heavy (non-hydrogen) atoms. The SMILES string of the molecule is CC(C)(Cc1ccccc1)NC(=O)C1CCN(Cc2ccc(Br)cc2)CC1. The maximum atomic E-state index is 12.8. The van der Waals surface area contributed by atoms with Crippen LogP contribution in [0.2, 0.25) is 0 Å². The summed E-state index contributed by atoms with van der Waals surface area (Å²) in [6, 6.07) is 18.9. The molecule has 1 aliphatic rings. The molecular weight excluding hydrogens is 400 g/mol. The predicted octanol–water partition coefficient (Wildman–Crippen LogP) is 4.80. The molecular formula is C23H29BrN2O. The molecule has 0 aliphatic carbocycles. The van der Waals surface area contributed by atoms with Crippen LogP contribution in [0.25, 0.3) is 0 Å². The van der Waals surface area contributed by atoms with Gasteiger partial charge in [0.1, 0.15) is 0 Å². The predicted molar refractivity (Wildman–Crippen MR) is 115 cm³/mol. The van der Waals surface area contributed by atoms with Crippen molar-refractivity contribution in [3.63, 3.8) is 0 Å². The van der Waals surface area contributed by atoms with Crippen LogP contribution in [-0.4, -0.2) is 29.4 Å². The molecule has 144 valence electrons. The van der Waals surface area contributed by atoms with Gasteiger partial charge in [0.15, 0.2) is 0 Å². The van der Waals surface area contributed by atoms with Gasteiger partial charge in [0.05, 0.1) is 0 Å². The Morgan fingerprint density at radius 1 is 1.04 bits per heavy atom. The first kappa shape index (κ1) is 20.1. The van der Waals surface area contributed by atoms with Gasteiger partial charge in [0.2, 0.25) is 5.91 Å². The highest BCUT2D eigenvalue weighted by Gasteiger charge is 2.29. The Balaban J connectivity index is 1.47. The number of nitrogens with zero attached hydrogens (tertiary/aromatic N) is 1. The smallest absolute Gasteiger partial charge is 0.223 e. The molecule has 0 aromatic heterocycles. The highest BCUT2D eigenvalue weighted by Crippen LogP contribution is 2.22. The largest absolute Gasteiger partial charge is 0.351 e. The van der Waals surface area contributed by atoms with E-state index in [1.54, 1.807) is 0 Å². The van der Waals surface area contributed by atoms with Gasteiger partial charge in [0, 0.05) is 22.5 Å². The number of nitrogens with one attached hydrogen (secondary N) is 1. The number of benzene rings is 2. The van der Waals surface area contributed by atoms with Crippen LogP contribution in [0, 0.1) is 5.92 Å². The molecule has 0 unspecified atom stereocenters. The topological polar surface area (TPSA) is 32.3 Å². The lowest BCUT2D eigenvalue weighted by Crippen LogP contribution is -2.49. The number of hydrogen-bond donors (Lipinski definition) is 1. The lowest BCUT2D eigenvalue weighted by Gasteiger charge is -2.34. The van der Waals surface area contributed by atoms with Crippen molar-refractivity contribution in [2.24, 2.45) is 5.92 Å². The minimum Gasteiger partial charge on any atom is -0.351 e. The van der Waals surface area contributed by atoms with Crippen LogP contribution in [0.5, 0.6) is 0 Å². The minimum absolute atomic E-state index is 0.126. The molecule has 0 bridgehead atoms. The lowest BCUT2D eigenvalue weighted by atomic mass is 9.91. The second kappa shape index (κ2) is 9.03. The zero-order valence-corrected chi connectivity index (χ0v) is 17.8. The summed E-state index contributed by atoms with van der Waals surface area (Å²) in [5, 5.41) is 3.28. The Kier molecular flexibility index (Phi) is 6.72. The molecule has 3 rings (SSSR count). The summed E-state index contributed by atoms with van der Waals surface area (Å²) in [6.45, 7) is 7.14. The van der Waals surface area contributed by atoms with Gasteiger partial charge in [0.25, 0.3) is 0 Å². The molecule has 1 amide bonds. The number of carbonyl (C=O) groups excluding carboxylic acids is 1. The standard InChI is InChI=1S/C23H29BrN2O/c1-23(2,16-18-6-4-3-5-7-18)25-22(27)20-12-14-26(15-13-20)17-19-8-10-21(24)11-9-19/h3-11,20H,12-17H2,1-2H3,(H,25,27). The van der Waals surface area contributed by atoms with E-state index in [9.17, 15) is 4.79 Å². The van der Waals surface area contributed by atoms with Gasteiger partial charge in [-0.3, -0.25) is 9.69 Å². The third-order valence-corrected chi connectivity index (χ3v) is 5.76. The van der Waals surface area contributed by atoms with Crippen molar-refractivity contribution in [2.75, 3.05) is 13.1 Å². The molecule has 0 saturated carbocycles. The van der Waals surface area contributed by atoms with Gasteiger partial charge in [-0.05, 0) is 69.5 Å².